The van der Waals surface area contributed by atoms with Crippen LogP contribution in [0.2, 0.25) is 0 Å². The Morgan fingerprint density at radius 2 is 1.24 bits per heavy atom. The SMILES string of the molecule is COc1cc2c(cc1O)[C@H](c1ccccc1)[C@@H](C)[C@@H]2c1ccccc1. The van der Waals surface area contributed by atoms with E-state index in [1.165, 1.54) is 22.3 Å². The first kappa shape index (κ1) is 15.8. The average Bonchev–Trinajstić information content (AvgIpc) is 2.93. The predicted octanol–water partition coefficient (Wildman–Crippen LogP) is 5.31. The van der Waals surface area contributed by atoms with Gasteiger partial charge in [0.1, 0.15) is 0 Å². The molecule has 0 radical (unpaired) electrons. The average molecular weight is 330 g/mol. The first-order valence-electron chi connectivity index (χ1n) is 8.71. The highest BCUT2D eigenvalue weighted by Gasteiger charge is 2.40. The Kier molecular flexibility index (Phi) is 3.96. The molecule has 126 valence electrons. The lowest BCUT2D eigenvalue weighted by atomic mass is 9.81. The summed E-state index contributed by atoms with van der Waals surface area (Å²) in [5.41, 5.74) is 5.05. The van der Waals surface area contributed by atoms with E-state index in [-0.39, 0.29) is 17.6 Å². The van der Waals surface area contributed by atoms with E-state index in [0.29, 0.717) is 11.7 Å². The van der Waals surface area contributed by atoms with Crippen LogP contribution in [0.1, 0.15) is 41.0 Å². The minimum absolute atomic E-state index is 0.211. The van der Waals surface area contributed by atoms with Crippen molar-refractivity contribution in [3.8, 4) is 11.5 Å². The third kappa shape index (κ3) is 2.58. The smallest absolute Gasteiger partial charge is 0.160 e. The van der Waals surface area contributed by atoms with Crippen molar-refractivity contribution in [2.75, 3.05) is 7.11 Å². The molecule has 0 fully saturated rings. The van der Waals surface area contributed by atoms with E-state index in [1.54, 1.807) is 7.11 Å². The van der Waals surface area contributed by atoms with E-state index in [2.05, 4.69) is 61.5 Å². The zero-order chi connectivity index (χ0) is 17.4. The van der Waals surface area contributed by atoms with Crippen molar-refractivity contribution >= 4 is 0 Å². The second kappa shape index (κ2) is 6.29. The number of ether oxygens (including phenoxy) is 1. The van der Waals surface area contributed by atoms with Crippen LogP contribution in [0.3, 0.4) is 0 Å². The molecule has 1 aliphatic rings. The van der Waals surface area contributed by atoms with Crippen LogP contribution in [-0.4, -0.2) is 12.2 Å². The number of benzene rings is 3. The summed E-state index contributed by atoms with van der Waals surface area (Å²) in [5, 5.41) is 10.4. The van der Waals surface area contributed by atoms with Crippen LogP contribution in [0, 0.1) is 5.92 Å². The van der Waals surface area contributed by atoms with Gasteiger partial charge in [0.15, 0.2) is 11.5 Å². The second-order valence-corrected chi connectivity index (χ2v) is 6.79. The van der Waals surface area contributed by atoms with Gasteiger partial charge in [0, 0.05) is 11.8 Å². The van der Waals surface area contributed by atoms with Crippen LogP contribution in [0.4, 0.5) is 0 Å². The second-order valence-electron chi connectivity index (χ2n) is 6.79. The maximum Gasteiger partial charge on any atom is 0.160 e. The van der Waals surface area contributed by atoms with Gasteiger partial charge in [-0.15, -0.1) is 0 Å². The van der Waals surface area contributed by atoms with Crippen molar-refractivity contribution in [1.29, 1.82) is 0 Å². The van der Waals surface area contributed by atoms with Gasteiger partial charge in [0.2, 0.25) is 0 Å². The minimum atomic E-state index is 0.211. The Labute approximate surface area is 148 Å². The largest absolute Gasteiger partial charge is 0.504 e. The van der Waals surface area contributed by atoms with Gasteiger partial charge in [-0.2, -0.15) is 0 Å². The fourth-order valence-electron chi connectivity index (χ4n) is 4.35. The van der Waals surface area contributed by atoms with Gasteiger partial charge in [-0.1, -0.05) is 67.6 Å². The summed E-state index contributed by atoms with van der Waals surface area (Å²) in [6.45, 7) is 2.30. The molecule has 4 rings (SSSR count). The van der Waals surface area contributed by atoms with Gasteiger partial charge in [0.25, 0.3) is 0 Å². The highest BCUT2D eigenvalue weighted by atomic mass is 16.5. The maximum absolute atomic E-state index is 10.4. The van der Waals surface area contributed by atoms with Crippen LogP contribution < -0.4 is 4.74 Å². The molecule has 0 saturated heterocycles. The molecule has 2 nitrogen and oxygen atoms in total. The van der Waals surface area contributed by atoms with Crippen molar-refractivity contribution in [2.24, 2.45) is 5.92 Å². The predicted molar refractivity (Wildman–Crippen MR) is 100 cm³/mol. The summed E-state index contributed by atoms with van der Waals surface area (Å²) in [6, 6.07) is 25.1. The van der Waals surface area contributed by atoms with E-state index < -0.39 is 0 Å². The summed E-state index contributed by atoms with van der Waals surface area (Å²) in [7, 11) is 1.60. The van der Waals surface area contributed by atoms with Crippen LogP contribution in [0.25, 0.3) is 0 Å². The van der Waals surface area contributed by atoms with Crippen molar-refractivity contribution in [3.63, 3.8) is 0 Å². The standard InChI is InChI=1S/C23H22O2/c1-15-22(16-9-5-3-6-10-16)18-13-20(24)21(25-2)14-19(18)23(15)17-11-7-4-8-12-17/h3-15,22-24H,1-2H3/t15-,22+,23-/m1/s1. The molecule has 0 amide bonds. The van der Waals surface area contributed by atoms with Crippen LogP contribution in [0.5, 0.6) is 11.5 Å². The first-order valence-corrected chi connectivity index (χ1v) is 8.71. The molecule has 0 bridgehead atoms. The van der Waals surface area contributed by atoms with E-state index in [0.717, 1.165) is 0 Å². The minimum Gasteiger partial charge on any atom is -0.504 e. The molecular weight excluding hydrogens is 308 g/mol. The zero-order valence-electron chi connectivity index (χ0n) is 14.5. The molecule has 1 aliphatic carbocycles. The van der Waals surface area contributed by atoms with Crippen molar-refractivity contribution < 1.29 is 9.84 Å². The molecule has 3 atom stereocenters. The monoisotopic (exact) mass is 330 g/mol. The molecule has 25 heavy (non-hydrogen) atoms. The van der Waals surface area contributed by atoms with Crippen molar-refractivity contribution in [1.82, 2.24) is 0 Å². The molecule has 0 spiro atoms. The number of rotatable bonds is 3. The summed E-state index contributed by atoms with van der Waals surface area (Å²) in [5.74, 6) is 1.70. The highest BCUT2D eigenvalue weighted by Crippen LogP contribution is 2.54. The van der Waals surface area contributed by atoms with E-state index in [4.69, 9.17) is 4.74 Å². The fraction of sp³-hybridized carbons (Fsp3) is 0.217. The van der Waals surface area contributed by atoms with Crippen LogP contribution >= 0.6 is 0 Å². The van der Waals surface area contributed by atoms with Gasteiger partial charge in [-0.05, 0) is 40.3 Å². The number of hydrogen-bond acceptors (Lipinski definition) is 2. The Morgan fingerprint density at radius 3 is 1.72 bits per heavy atom. The summed E-state index contributed by atoms with van der Waals surface area (Å²) in [4.78, 5) is 0. The number of hydrogen-bond donors (Lipinski definition) is 1. The topological polar surface area (TPSA) is 29.5 Å². The molecule has 0 aliphatic heterocycles. The molecular formula is C23H22O2. The van der Waals surface area contributed by atoms with Crippen molar-refractivity contribution in [3.05, 3.63) is 95.1 Å². The number of phenolic OH excluding ortho intramolecular Hbond substituents is 1. The molecule has 1 N–H and O–H groups in total. The molecule has 0 aromatic heterocycles. The van der Waals surface area contributed by atoms with Gasteiger partial charge < -0.3 is 9.84 Å². The Balaban J connectivity index is 1.92. The van der Waals surface area contributed by atoms with E-state index in [1.807, 2.05) is 18.2 Å². The fourth-order valence-corrected chi connectivity index (χ4v) is 4.35. The molecule has 3 aromatic carbocycles. The summed E-state index contributed by atoms with van der Waals surface area (Å²) >= 11 is 0. The number of fused-ring (bicyclic) bond motifs is 1. The molecule has 3 aromatic rings. The first-order chi connectivity index (χ1) is 12.2. The Bertz CT molecular complexity index is 871. The lowest BCUT2D eigenvalue weighted by Crippen LogP contribution is -2.10. The van der Waals surface area contributed by atoms with Gasteiger partial charge >= 0.3 is 0 Å². The third-order valence-corrected chi connectivity index (χ3v) is 5.42. The molecule has 2 heteroatoms. The van der Waals surface area contributed by atoms with Gasteiger partial charge in [0.05, 0.1) is 7.11 Å². The number of methoxy groups -OCH3 is 1. The molecule has 0 unspecified atom stereocenters. The number of aromatic hydroxyl groups is 1. The van der Waals surface area contributed by atoms with Crippen LogP contribution in [0.15, 0.2) is 72.8 Å². The third-order valence-electron chi connectivity index (χ3n) is 5.42. The van der Waals surface area contributed by atoms with Crippen molar-refractivity contribution in [2.45, 2.75) is 18.8 Å². The normalized spacial score (nSPS) is 21.8. The maximum atomic E-state index is 10.4. The Hall–Kier alpha value is -2.74. The summed E-state index contributed by atoms with van der Waals surface area (Å²) < 4.78 is 5.38. The lowest BCUT2D eigenvalue weighted by Gasteiger charge is -2.22. The van der Waals surface area contributed by atoms with E-state index in [9.17, 15) is 5.11 Å². The quantitative estimate of drug-likeness (QED) is 0.705. The molecule has 0 saturated carbocycles. The number of phenols is 1. The summed E-state index contributed by atoms with van der Waals surface area (Å²) in [6.07, 6.45) is 0. The van der Waals surface area contributed by atoms with E-state index >= 15 is 0 Å². The molecule has 0 heterocycles. The zero-order valence-corrected chi connectivity index (χ0v) is 14.5. The van der Waals surface area contributed by atoms with Crippen LogP contribution in [-0.2, 0) is 0 Å². The Morgan fingerprint density at radius 1 is 0.760 bits per heavy atom. The lowest BCUT2D eigenvalue weighted by molar-refractivity contribution is 0.372. The van der Waals surface area contributed by atoms with Gasteiger partial charge in [-0.25, -0.2) is 0 Å². The highest BCUT2D eigenvalue weighted by molar-refractivity contribution is 5.57. The van der Waals surface area contributed by atoms with Gasteiger partial charge in [-0.3, -0.25) is 0 Å².